The lowest BCUT2D eigenvalue weighted by atomic mass is 10.1. The largest absolute Gasteiger partial charge is 0.452 e. The van der Waals surface area contributed by atoms with Crippen molar-refractivity contribution in [2.24, 2.45) is 0 Å². The van der Waals surface area contributed by atoms with Crippen molar-refractivity contribution in [2.45, 2.75) is 13.3 Å². The fourth-order valence-corrected chi connectivity index (χ4v) is 2.87. The van der Waals surface area contributed by atoms with E-state index in [1.54, 1.807) is 18.2 Å². The summed E-state index contributed by atoms with van der Waals surface area (Å²) in [7, 11) is 0. The highest BCUT2D eigenvalue weighted by molar-refractivity contribution is 5.94. The molecular formula is C21H21N3O4. The Morgan fingerprint density at radius 3 is 2.71 bits per heavy atom. The third kappa shape index (κ3) is 4.97. The Bertz CT molecular complexity index is 1010. The zero-order chi connectivity index (χ0) is 19.9. The van der Waals surface area contributed by atoms with Crippen molar-refractivity contribution in [3.05, 3.63) is 65.9 Å². The second-order valence-corrected chi connectivity index (χ2v) is 6.30. The minimum atomic E-state index is -0.626. The van der Waals surface area contributed by atoms with Crippen LogP contribution in [0.15, 0.2) is 54.7 Å². The first kappa shape index (κ1) is 19.2. The van der Waals surface area contributed by atoms with E-state index in [1.807, 2.05) is 30.5 Å². The first-order valence-corrected chi connectivity index (χ1v) is 8.89. The summed E-state index contributed by atoms with van der Waals surface area (Å²) in [6, 6.07) is 14.3. The molecule has 7 heteroatoms. The van der Waals surface area contributed by atoms with Gasteiger partial charge in [-0.1, -0.05) is 24.3 Å². The monoisotopic (exact) mass is 379 g/mol. The number of aromatic nitrogens is 1. The van der Waals surface area contributed by atoms with Crippen molar-refractivity contribution in [1.29, 1.82) is 0 Å². The van der Waals surface area contributed by atoms with Gasteiger partial charge in [-0.05, 0) is 36.2 Å². The number of amides is 2. The summed E-state index contributed by atoms with van der Waals surface area (Å²) < 4.78 is 5.04. The maximum absolute atomic E-state index is 12.1. The molecule has 0 spiro atoms. The Labute approximate surface area is 162 Å². The van der Waals surface area contributed by atoms with Crippen LogP contribution in [0.2, 0.25) is 0 Å². The lowest BCUT2D eigenvalue weighted by Crippen LogP contribution is -2.30. The van der Waals surface area contributed by atoms with Crippen LogP contribution in [0.3, 0.4) is 0 Å². The second-order valence-electron chi connectivity index (χ2n) is 6.30. The Morgan fingerprint density at radius 1 is 1.07 bits per heavy atom. The number of fused-ring (bicyclic) bond motifs is 1. The molecule has 2 aromatic carbocycles. The molecule has 2 amide bonds. The number of benzene rings is 2. The number of hydrogen-bond donors (Lipinski definition) is 3. The van der Waals surface area contributed by atoms with Crippen LogP contribution in [0.5, 0.6) is 0 Å². The molecule has 0 unspecified atom stereocenters. The molecule has 3 rings (SSSR count). The molecule has 0 saturated carbocycles. The van der Waals surface area contributed by atoms with Gasteiger partial charge in [-0.3, -0.25) is 9.59 Å². The van der Waals surface area contributed by atoms with Gasteiger partial charge < -0.3 is 20.4 Å². The first-order chi connectivity index (χ1) is 13.5. The summed E-state index contributed by atoms with van der Waals surface area (Å²) in [6.45, 7) is 1.46. The number of ether oxygens (including phenoxy) is 1. The Morgan fingerprint density at radius 2 is 1.89 bits per heavy atom. The van der Waals surface area contributed by atoms with E-state index < -0.39 is 5.97 Å². The predicted molar refractivity (Wildman–Crippen MR) is 106 cm³/mol. The molecule has 7 nitrogen and oxygen atoms in total. The van der Waals surface area contributed by atoms with E-state index in [2.05, 4.69) is 15.6 Å². The molecular weight excluding hydrogens is 358 g/mol. The summed E-state index contributed by atoms with van der Waals surface area (Å²) in [5, 5.41) is 6.46. The maximum atomic E-state index is 12.1. The van der Waals surface area contributed by atoms with Crippen LogP contribution in [0.4, 0.5) is 5.69 Å². The zero-order valence-corrected chi connectivity index (χ0v) is 15.5. The molecule has 0 aliphatic carbocycles. The molecule has 28 heavy (non-hydrogen) atoms. The van der Waals surface area contributed by atoms with Gasteiger partial charge in [0, 0.05) is 36.3 Å². The van der Waals surface area contributed by atoms with Crippen LogP contribution in [0, 0.1) is 0 Å². The Balaban J connectivity index is 1.45. The standard InChI is InChI=1S/C21H21N3O4/c1-14(25)24-17-6-4-5-15(11-17)21(27)28-13-20(26)22-10-9-16-12-23-19-8-3-2-7-18(16)19/h2-8,11-12,23H,9-10,13H2,1H3,(H,22,26)(H,24,25). The van der Waals surface area contributed by atoms with E-state index in [1.165, 1.54) is 13.0 Å². The topological polar surface area (TPSA) is 100 Å². The number of nitrogens with one attached hydrogen (secondary N) is 3. The third-order valence-corrected chi connectivity index (χ3v) is 4.14. The molecule has 0 aliphatic heterocycles. The van der Waals surface area contributed by atoms with E-state index in [4.69, 9.17) is 4.74 Å². The van der Waals surface area contributed by atoms with Gasteiger partial charge in [0.05, 0.1) is 5.56 Å². The molecule has 1 heterocycles. The highest BCUT2D eigenvalue weighted by Crippen LogP contribution is 2.17. The fraction of sp³-hybridized carbons (Fsp3) is 0.190. The van der Waals surface area contributed by atoms with E-state index in [0.717, 1.165) is 16.5 Å². The zero-order valence-electron chi connectivity index (χ0n) is 15.5. The van der Waals surface area contributed by atoms with Gasteiger partial charge in [-0.2, -0.15) is 0 Å². The van der Waals surface area contributed by atoms with E-state index in [0.29, 0.717) is 18.7 Å². The lowest BCUT2D eigenvalue weighted by Gasteiger charge is -2.08. The highest BCUT2D eigenvalue weighted by Gasteiger charge is 2.11. The first-order valence-electron chi connectivity index (χ1n) is 8.89. The third-order valence-electron chi connectivity index (χ3n) is 4.14. The predicted octanol–water partition coefficient (Wildman–Crippen LogP) is 2.64. The van der Waals surface area contributed by atoms with Crippen LogP contribution in [0.1, 0.15) is 22.8 Å². The average Bonchev–Trinajstić information content (AvgIpc) is 3.09. The van der Waals surface area contributed by atoms with E-state index >= 15 is 0 Å². The van der Waals surface area contributed by atoms with Crippen LogP contribution in [-0.2, 0) is 20.7 Å². The van der Waals surface area contributed by atoms with Crippen LogP contribution in [-0.4, -0.2) is 35.9 Å². The number of hydrogen-bond acceptors (Lipinski definition) is 4. The van der Waals surface area contributed by atoms with Crippen molar-refractivity contribution in [2.75, 3.05) is 18.5 Å². The van der Waals surface area contributed by atoms with Gasteiger partial charge in [0.15, 0.2) is 6.61 Å². The Hall–Kier alpha value is -3.61. The van der Waals surface area contributed by atoms with Crippen molar-refractivity contribution < 1.29 is 19.1 Å². The van der Waals surface area contributed by atoms with Crippen LogP contribution >= 0.6 is 0 Å². The number of esters is 1. The average molecular weight is 379 g/mol. The molecule has 144 valence electrons. The molecule has 0 bridgehead atoms. The minimum Gasteiger partial charge on any atom is -0.452 e. The van der Waals surface area contributed by atoms with E-state index in [9.17, 15) is 14.4 Å². The summed E-state index contributed by atoms with van der Waals surface area (Å²) in [5.41, 5.74) is 2.92. The highest BCUT2D eigenvalue weighted by atomic mass is 16.5. The summed E-state index contributed by atoms with van der Waals surface area (Å²) in [4.78, 5) is 38.3. The number of carbonyl (C=O) groups excluding carboxylic acids is 3. The minimum absolute atomic E-state index is 0.236. The number of H-pyrrole nitrogens is 1. The molecule has 3 N–H and O–H groups in total. The van der Waals surface area contributed by atoms with Crippen molar-refractivity contribution >= 4 is 34.4 Å². The molecule has 0 aliphatic rings. The van der Waals surface area contributed by atoms with Crippen molar-refractivity contribution in [1.82, 2.24) is 10.3 Å². The second kappa shape index (κ2) is 8.85. The molecule has 1 aromatic heterocycles. The molecule has 0 atom stereocenters. The fourth-order valence-electron chi connectivity index (χ4n) is 2.87. The number of anilines is 1. The Kier molecular flexibility index (Phi) is 6.06. The van der Waals surface area contributed by atoms with Crippen molar-refractivity contribution in [3.8, 4) is 0 Å². The van der Waals surface area contributed by atoms with Gasteiger partial charge in [-0.25, -0.2) is 4.79 Å². The van der Waals surface area contributed by atoms with Crippen LogP contribution < -0.4 is 10.6 Å². The van der Waals surface area contributed by atoms with Gasteiger partial charge in [-0.15, -0.1) is 0 Å². The summed E-state index contributed by atoms with van der Waals surface area (Å²) >= 11 is 0. The lowest BCUT2D eigenvalue weighted by molar-refractivity contribution is -0.124. The molecule has 3 aromatic rings. The normalized spacial score (nSPS) is 10.5. The summed E-state index contributed by atoms with van der Waals surface area (Å²) in [6.07, 6.45) is 2.60. The van der Waals surface area contributed by atoms with Gasteiger partial charge in [0.1, 0.15) is 0 Å². The van der Waals surface area contributed by atoms with Gasteiger partial charge >= 0.3 is 5.97 Å². The SMILES string of the molecule is CC(=O)Nc1cccc(C(=O)OCC(=O)NCCc2c[nH]c3ccccc23)c1. The van der Waals surface area contributed by atoms with Crippen molar-refractivity contribution in [3.63, 3.8) is 0 Å². The maximum Gasteiger partial charge on any atom is 0.338 e. The molecule has 0 saturated heterocycles. The van der Waals surface area contributed by atoms with E-state index in [-0.39, 0.29) is 24.0 Å². The smallest absolute Gasteiger partial charge is 0.338 e. The van der Waals surface area contributed by atoms with Gasteiger partial charge in [0.25, 0.3) is 5.91 Å². The number of aromatic amines is 1. The molecule has 0 fully saturated rings. The molecule has 0 radical (unpaired) electrons. The number of para-hydroxylation sites is 1. The quantitative estimate of drug-likeness (QED) is 0.550. The summed E-state index contributed by atoms with van der Waals surface area (Å²) in [5.74, 6) is -1.23. The number of rotatable bonds is 7. The van der Waals surface area contributed by atoms with Crippen LogP contribution in [0.25, 0.3) is 10.9 Å². The van der Waals surface area contributed by atoms with Gasteiger partial charge in [0.2, 0.25) is 5.91 Å². The number of carbonyl (C=O) groups is 3.